The minimum Gasteiger partial charge on any atom is -0.497 e. The van der Waals surface area contributed by atoms with Crippen LogP contribution in [0.1, 0.15) is 39.0 Å². The summed E-state index contributed by atoms with van der Waals surface area (Å²) in [7, 11) is 1.55. The van der Waals surface area contributed by atoms with Gasteiger partial charge in [0.2, 0.25) is 5.78 Å². The largest absolute Gasteiger partial charge is 0.497 e. The van der Waals surface area contributed by atoms with E-state index in [0.29, 0.717) is 27.9 Å². The summed E-state index contributed by atoms with van der Waals surface area (Å²) in [6.07, 6.45) is -0.910. The molecule has 0 spiro atoms. The minimum atomic E-state index is -0.910. The zero-order chi connectivity index (χ0) is 19.6. The van der Waals surface area contributed by atoms with Crippen LogP contribution in [0.4, 0.5) is 0 Å². The molecule has 6 nitrogen and oxygen atoms in total. The van der Waals surface area contributed by atoms with E-state index in [0.717, 1.165) is 11.4 Å². The molecule has 3 rings (SSSR count). The molecule has 2 aromatic carbocycles. The van der Waals surface area contributed by atoms with E-state index in [9.17, 15) is 9.59 Å². The van der Waals surface area contributed by atoms with Crippen molar-refractivity contribution in [3.63, 3.8) is 0 Å². The molecule has 0 N–H and O–H groups in total. The first-order chi connectivity index (χ1) is 12.9. The van der Waals surface area contributed by atoms with Gasteiger partial charge >= 0.3 is 5.97 Å². The van der Waals surface area contributed by atoms with Gasteiger partial charge in [-0.1, -0.05) is 0 Å². The zero-order valence-electron chi connectivity index (χ0n) is 15.6. The number of nitrogens with zero attached hydrogens (tertiary/aromatic N) is 2. The van der Waals surface area contributed by atoms with Crippen molar-refractivity contribution >= 4 is 22.8 Å². The quantitative estimate of drug-likeness (QED) is 0.508. The molecule has 1 aromatic heterocycles. The summed E-state index contributed by atoms with van der Waals surface area (Å²) in [6, 6.07) is 11.6. The summed E-state index contributed by atoms with van der Waals surface area (Å²) >= 11 is 0. The summed E-state index contributed by atoms with van der Waals surface area (Å²) in [5.41, 5.74) is 3.74. The first kappa shape index (κ1) is 18.5. The molecule has 6 heteroatoms. The molecule has 0 unspecified atom stereocenters. The first-order valence-corrected chi connectivity index (χ1v) is 8.53. The number of methoxy groups -OCH3 is 1. The highest BCUT2D eigenvalue weighted by atomic mass is 16.5. The van der Waals surface area contributed by atoms with Crippen LogP contribution >= 0.6 is 0 Å². The highest BCUT2D eigenvalue weighted by Crippen LogP contribution is 2.17. The van der Waals surface area contributed by atoms with Crippen LogP contribution in [0.25, 0.3) is 11.0 Å². The highest BCUT2D eigenvalue weighted by Gasteiger charge is 2.21. The first-order valence-electron chi connectivity index (χ1n) is 8.53. The maximum atomic E-state index is 12.5. The fourth-order valence-electron chi connectivity index (χ4n) is 2.63. The highest BCUT2D eigenvalue weighted by molar-refractivity contribution is 6.02. The predicted octanol–water partition coefficient (Wildman–Crippen LogP) is 3.68. The van der Waals surface area contributed by atoms with Crippen molar-refractivity contribution in [1.82, 2.24) is 9.97 Å². The lowest BCUT2D eigenvalue weighted by molar-refractivity contribution is 0.0319. The van der Waals surface area contributed by atoms with Crippen LogP contribution in [0, 0.1) is 13.8 Å². The van der Waals surface area contributed by atoms with Gasteiger partial charge in [0, 0.05) is 5.56 Å². The molecule has 27 heavy (non-hydrogen) atoms. The number of fused-ring (bicyclic) bond motifs is 1. The number of aryl methyl sites for hydroxylation is 2. The molecule has 0 saturated heterocycles. The summed E-state index contributed by atoms with van der Waals surface area (Å²) in [4.78, 5) is 33.8. The Kier molecular flexibility index (Phi) is 5.16. The van der Waals surface area contributed by atoms with Crippen LogP contribution in [0.15, 0.2) is 42.5 Å². The van der Waals surface area contributed by atoms with Gasteiger partial charge in [0.25, 0.3) is 0 Å². The molecular weight excluding hydrogens is 344 g/mol. The number of rotatable bonds is 5. The second kappa shape index (κ2) is 7.53. The van der Waals surface area contributed by atoms with E-state index in [1.807, 2.05) is 13.8 Å². The van der Waals surface area contributed by atoms with Crippen molar-refractivity contribution in [3.05, 3.63) is 65.0 Å². The maximum Gasteiger partial charge on any atom is 0.338 e. The number of aromatic nitrogens is 2. The molecule has 3 aromatic rings. The maximum absolute atomic E-state index is 12.5. The molecule has 0 aliphatic rings. The second-order valence-corrected chi connectivity index (χ2v) is 6.24. The van der Waals surface area contributed by atoms with Gasteiger partial charge in [0.1, 0.15) is 5.75 Å². The average Bonchev–Trinajstić information content (AvgIpc) is 2.68. The lowest BCUT2D eigenvalue weighted by atomic mass is 10.1. The molecule has 0 aliphatic heterocycles. The van der Waals surface area contributed by atoms with Crippen LogP contribution in [0.2, 0.25) is 0 Å². The zero-order valence-corrected chi connectivity index (χ0v) is 15.6. The van der Waals surface area contributed by atoms with Crippen molar-refractivity contribution in [2.75, 3.05) is 7.11 Å². The molecule has 0 amide bonds. The Balaban J connectivity index is 1.76. The van der Waals surface area contributed by atoms with E-state index in [4.69, 9.17) is 9.47 Å². The van der Waals surface area contributed by atoms with Crippen LogP contribution in [0.3, 0.4) is 0 Å². The van der Waals surface area contributed by atoms with Gasteiger partial charge in [-0.15, -0.1) is 0 Å². The molecule has 0 bridgehead atoms. The third-order valence-corrected chi connectivity index (χ3v) is 4.34. The van der Waals surface area contributed by atoms with Crippen molar-refractivity contribution < 1.29 is 19.1 Å². The Labute approximate surface area is 157 Å². The predicted molar refractivity (Wildman–Crippen MR) is 101 cm³/mol. The fraction of sp³-hybridized carbons (Fsp3) is 0.238. The number of ether oxygens (including phenoxy) is 2. The van der Waals surface area contributed by atoms with Crippen LogP contribution in [-0.2, 0) is 4.74 Å². The molecule has 0 saturated carbocycles. The van der Waals surface area contributed by atoms with Crippen molar-refractivity contribution in [2.24, 2.45) is 0 Å². The minimum absolute atomic E-state index is 0.280. The molecule has 0 aliphatic carbocycles. The Morgan fingerprint density at radius 3 is 2.11 bits per heavy atom. The van der Waals surface area contributed by atoms with E-state index < -0.39 is 12.1 Å². The van der Waals surface area contributed by atoms with Crippen molar-refractivity contribution in [3.8, 4) is 5.75 Å². The summed E-state index contributed by atoms with van der Waals surface area (Å²) in [5, 5.41) is 0. The number of ketones is 1. The normalized spacial score (nSPS) is 11.9. The monoisotopic (exact) mass is 364 g/mol. The van der Waals surface area contributed by atoms with E-state index in [2.05, 4.69) is 9.97 Å². The summed E-state index contributed by atoms with van der Waals surface area (Å²) in [6.45, 7) is 5.30. The Morgan fingerprint density at radius 1 is 0.889 bits per heavy atom. The number of Topliss-reactive ketones (excluding diaryl/α,β-unsaturated/α-hetero) is 1. The molecule has 138 valence electrons. The molecule has 0 fully saturated rings. The third kappa shape index (κ3) is 3.95. The molecular formula is C21H20N2O4. The smallest absolute Gasteiger partial charge is 0.338 e. The van der Waals surface area contributed by atoms with Gasteiger partial charge in [-0.05, 0) is 63.2 Å². The SMILES string of the molecule is COc1ccc(C(=O)[C@H](C)OC(=O)c2ccc3nc(C)c(C)nc3c2)cc1. The average molecular weight is 364 g/mol. The van der Waals surface area contributed by atoms with E-state index in [-0.39, 0.29) is 5.78 Å². The Bertz CT molecular complexity index is 1010. The lowest BCUT2D eigenvalue weighted by Gasteiger charge is -2.13. The second-order valence-electron chi connectivity index (χ2n) is 6.24. The number of carbonyl (C=O) groups excluding carboxylic acids is 2. The van der Waals surface area contributed by atoms with Crippen molar-refractivity contribution in [2.45, 2.75) is 26.9 Å². The lowest BCUT2D eigenvalue weighted by Crippen LogP contribution is -2.24. The van der Waals surface area contributed by atoms with Gasteiger partial charge in [0.15, 0.2) is 6.10 Å². The topological polar surface area (TPSA) is 78.4 Å². The van der Waals surface area contributed by atoms with Crippen LogP contribution in [-0.4, -0.2) is 34.9 Å². The summed E-state index contributed by atoms with van der Waals surface area (Å²) in [5.74, 6) is -0.205. The standard InChI is InChI=1S/C21H20N2O4/c1-12-13(2)23-19-11-16(7-10-18(19)22-12)21(25)27-14(3)20(24)15-5-8-17(26-4)9-6-15/h5-11,14H,1-4H3/t14-/m0/s1. The molecule has 1 atom stereocenters. The molecule has 1 heterocycles. The van der Waals surface area contributed by atoms with Crippen LogP contribution in [0.5, 0.6) is 5.75 Å². The molecule has 0 radical (unpaired) electrons. The number of hydrogen-bond acceptors (Lipinski definition) is 6. The van der Waals surface area contributed by atoms with E-state index in [1.54, 1.807) is 56.5 Å². The number of hydrogen-bond donors (Lipinski definition) is 0. The Hall–Kier alpha value is -3.28. The van der Waals surface area contributed by atoms with E-state index in [1.165, 1.54) is 0 Å². The van der Waals surface area contributed by atoms with E-state index >= 15 is 0 Å². The van der Waals surface area contributed by atoms with Gasteiger partial charge in [0.05, 0.1) is 35.1 Å². The fourth-order valence-corrected chi connectivity index (χ4v) is 2.63. The summed E-state index contributed by atoms with van der Waals surface area (Å²) < 4.78 is 10.4. The van der Waals surface area contributed by atoms with Crippen molar-refractivity contribution in [1.29, 1.82) is 0 Å². The van der Waals surface area contributed by atoms with Gasteiger partial charge in [-0.2, -0.15) is 0 Å². The van der Waals surface area contributed by atoms with Gasteiger partial charge in [-0.25, -0.2) is 14.8 Å². The van der Waals surface area contributed by atoms with Gasteiger partial charge in [-0.3, -0.25) is 4.79 Å². The number of benzene rings is 2. The van der Waals surface area contributed by atoms with Gasteiger partial charge < -0.3 is 9.47 Å². The number of esters is 1. The number of carbonyl (C=O) groups is 2. The Morgan fingerprint density at radius 2 is 1.48 bits per heavy atom. The third-order valence-electron chi connectivity index (χ3n) is 4.34. The van der Waals surface area contributed by atoms with Crippen LogP contribution < -0.4 is 4.74 Å².